The summed E-state index contributed by atoms with van der Waals surface area (Å²) >= 11 is 0. The molecule has 1 aliphatic heterocycles. The molecule has 1 saturated heterocycles. The molecule has 1 fully saturated rings. The Bertz CT molecular complexity index is 1170. The first kappa shape index (κ1) is 22.0. The maximum Gasteiger partial charge on any atom is 0.453 e. The molecule has 0 saturated carbocycles. The molecule has 0 atom stereocenters. The highest BCUT2D eigenvalue weighted by atomic mass is 19.4. The van der Waals surface area contributed by atoms with Crippen LogP contribution in [0.3, 0.4) is 0 Å². The van der Waals surface area contributed by atoms with Gasteiger partial charge in [-0.1, -0.05) is 6.07 Å². The molecule has 1 aromatic carbocycles. The van der Waals surface area contributed by atoms with Gasteiger partial charge in [-0.15, -0.1) is 5.10 Å². The number of benzene rings is 1. The summed E-state index contributed by atoms with van der Waals surface area (Å²) in [5.41, 5.74) is 2.28. The molecule has 1 N–H and O–H groups in total. The van der Waals surface area contributed by atoms with Crippen LogP contribution in [0.15, 0.2) is 18.2 Å². The quantitative estimate of drug-likeness (QED) is 0.593. The number of nitrogens with one attached hydrogen (secondary N) is 1. The molecule has 0 aliphatic carbocycles. The van der Waals surface area contributed by atoms with E-state index in [1.54, 1.807) is 26.0 Å². The Morgan fingerprint density at radius 2 is 1.88 bits per heavy atom. The fourth-order valence-electron chi connectivity index (χ4n) is 3.99. The van der Waals surface area contributed by atoms with Crippen LogP contribution < -0.4 is 10.2 Å². The third-order valence-corrected chi connectivity index (χ3v) is 5.61. The second-order valence-corrected chi connectivity index (χ2v) is 7.78. The third kappa shape index (κ3) is 4.23. The second kappa shape index (κ2) is 8.36. The third-order valence-electron chi connectivity index (χ3n) is 5.61. The topological polar surface area (TPSA) is 75.4 Å². The summed E-state index contributed by atoms with van der Waals surface area (Å²) in [5.74, 6) is -2.33. The van der Waals surface area contributed by atoms with E-state index in [0.29, 0.717) is 22.6 Å². The monoisotopic (exact) mass is 450 g/mol. The number of anilines is 2. The highest BCUT2D eigenvalue weighted by Gasteiger charge is 2.37. The van der Waals surface area contributed by atoms with Gasteiger partial charge < -0.3 is 10.2 Å². The molecule has 170 valence electrons. The summed E-state index contributed by atoms with van der Waals surface area (Å²) in [6.07, 6.45) is -2.45. The van der Waals surface area contributed by atoms with Crippen molar-refractivity contribution in [3.05, 3.63) is 46.8 Å². The fraction of sp³-hybridized carbons (Fsp3) is 0.429. The van der Waals surface area contributed by atoms with Crippen molar-refractivity contribution in [1.82, 2.24) is 19.6 Å². The lowest BCUT2D eigenvalue weighted by molar-refractivity contribution is -0.144. The van der Waals surface area contributed by atoms with E-state index in [1.165, 1.54) is 6.07 Å². The molecule has 32 heavy (non-hydrogen) atoms. The van der Waals surface area contributed by atoms with Gasteiger partial charge in [0.05, 0.1) is 5.69 Å². The van der Waals surface area contributed by atoms with Gasteiger partial charge in [-0.2, -0.15) is 18.2 Å². The summed E-state index contributed by atoms with van der Waals surface area (Å²) in [5, 5.41) is 6.18. The molecular formula is C21H22F4N6O. The van der Waals surface area contributed by atoms with Gasteiger partial charge >= 0.3 is 6.18 Å². The van der Waals surface area contributed by atoms with E-state index in [-0.39, 0.29) is 24.3 Å². The van der Waals surface area contributed by atoms with Gasteiger partial charge in [-0.25, -0.2) is 13.9 Å². The summed E-state index contributed by atoms with van der Waals surface area (Å²) in [7, 11) is 0. The summed E-state index contributed by atoms with van der Waals surface area (Å²) < 4.78 is 54.3. The van der Waals surface area contributed by atoms with Gasteiger partial charge in [0.1, 0.15) is 11.5 Å². The predicted octanol–water partition coefficient (Wildman–Crippen LogP) is 4.07. The first-order valence-electron chi connectivity index (χ1n) is 10.3. The molecule has 3 heterocycles. The Hall–Kier alpha value is -3.24. The molecular weight excluding hydrogens is 428 g/mol. The van der Waals surface area contributed by atoms with Gasteiger partial charge in [-0.05, 0) is 50.8 Å². The highest BCUT2D eigenvalue weighted by molar-refractivity contribution is 5.94. The highest BCUT2D eigenvalue weighted by Crippen LogP contribution is 2.31. The normalized spacial score (nSPS) is 14.4. The van der Waals surface area contributed by atoms with Crippen molar-refractivity contribution in [1.29, 1.82) is 0 Å². The van der Waals surface area contributed by atoms with Crippen molar-refractivity contribution < 1.29 is 22.4 Å². The molecule has 7 nitrogen and oxygen atoms in total. The molecule has 1 amide bonds. The first-order chi connectivity index (χ1) is 15.1. The minimum absolute atomic E-state index is 0.00344. The van der Waals surface area contributed by atoms with Crippen LogP contribution in [0.4, 0.5) is 28.9 Å². The Labute approximate surface area is 181 Å². The molecule has 3 aromatic rings. The number of hydrogen-bond acceptors (Lipinski definition) is 5. The standard InChI is InChI=1S/C21H22F4N6O/c1-12-14(13(2)31-20(26-12)28-19(29-31)21(23,24)25)8-9-17(32)27-18-15(22)6-5-7-16(18)30-10-3-4-11-30/h5-7H,3-4,8-11H2,1-2H3,(H,27,32). The van der Waals surface area contributed by atoms with E-state index in [2.05, 4.69) is 20.4 Å². The maximum absolute atomic E-state index is 14.5. The summed E-state index contributed by atoms with van der Waals surface area (Å²) in [6.45, 7) is 4.85. The molecule has 11 heteroatoms. The largest absolute Gasteiger partial charge is 0.453 e. The van der Waals surface area contributed by atoms with Crippen molar-refractivity contribution in [2.45, 2.75) is 45.7 Å². The Morgan fingerprint density at radius 1 is 1.16 bits per heavy atom. The zero-order valence-electron chi connectivity index (χ0n) is 17.6. The molecule has 0 bridgehead atoms. The van der Waals surface area contributed by atoms with E-state index < -0.39 is 23.7 Å². The van der Waals surface area contributed by atoms with E-state index >= 15 is 0 Å². The number of amides is 1. The number of para-hydroxylation sites is 1. The first-order valence-corrected chi connectivity index (χ1v) is 10.3. The van der Waals surface area contributed by atoms with Crippen molar-refractivity contribution in [3.63, 3.8) is 0 Å². The lowest BCUT2D eigenvalue weighted by atomic mass is 10.1. The predicted molar refractivity (Wildman–Crippen MR) is 110 cm³/mol. The number of carbonyl (C=O) groups excluding carboxylic acids is 1. The summed E-state index contributed by atoms with van der Waals surface area (Å²) in [6, 6.07) is 4.68. The molecule has 0 spiro atoms. The van der Waals surface area contributed by atoms with Gasteiger partial charge in [0.25, 0.3) is 11.6 Å². The fourth-order valence-corrected chi connectivity index (χ4v) is 3.99. The minimum atomic E-state index is -4.68. The zero-order chi connectivity index (χ0) is 23.0. The number of alkyl halides is 3. The Morgan fingerprint density at radius 3 is 2.56 bits per heavy atom. The van der Waals surface area contributed by atoms with Gasteiger partial charge in [-0.3, -0.25) is 4.79 Å². The van der Waals surface area contributed by atoms with Crippen LogP contribution in [-0.4, -0.2) is 38.6 Å². The number of aryl methyl sites for hydroxylation is 2. The van der Waals surface area contributed by atoms with Crippen LogP contribution in [0.2, 0.25) is 0 Å². The number of hydrogen-bond donors (Lipinski definition) is 1. The van der Waals surface area contributed by atoms with Crippen molar-refractivity contribution in [2.24, 2.45) is 0 Å². The second-order valence-electron chi connectivity index (χ2n) is 7.78. The van der Waals surface area contributed by atoms with Gasteiger partial charge in [0, 0.05) is 30.9 Å². The maximum atomic E-state index is 14.5. The smallest absolute Gasteiger partial charge is 0.370 e. The number of carbonyl (C=O) groups is 1. The number of nitrogens with zero attached hydrogens (tertiary/aromatic N) is 5. The number of rotatable bonds is 5. The summed E-state index contributed by atoms with van der Waals surface area (Å²) in [4.78, 5) is 22.2. The number of halogens is 4. The van der Waals surface area contributed by atoms with Gasteiger partial charge in [0.2, 0.25) is 5.91 Å². The van der Waals surface area contributed by atoms with Crippen LogP contribution in [0.5, 0.6) is 0 Å². The number of aromatic nitrogens is 4. The Kier molecular flexibility index (Phi) is 5.74. The average Bonchev–Trinajstić information content (AvgIpc) is 3.39. The lowest BCUT2D eigenvalue weighted by Gasteiger charge is -2.22. The average molecular weight is 450 g/mol. The van der Waals surface area contributed by atoms with Crippen LogP contribution >= 0.6 is 0 Å². The van der Waals surface area contributed by atoms with Crippen LogP contribution in [0, 0.1) is 19.7 Å². The Balaban J connectivity index is 1.53. The molecule has 4 rings (SSSR count). The van der Waals surface area contributed by atoms with Crippen molar-refractivity contribution in [2.75, 3.05) is 23.3 Å². The van der Waals surface area contributed by atoms with Gasteiger partial charge in [0.15, 0.2) is 0 Å². The van der Waals surface area contributed by atoms with Crippen molar-refractivity contribution in [3.8, 4) is 0 Å². The molecule has 2 aromatic heterocycles. The zero-order valence-corrected chi connectivity index (χ0v) is 17.6. The van der Waals surface area contributed by atoms with E-state index in [4.69, 9.17) is 0 Å². The molecule has 0 unspecified atom stereocenters. The molecule has 1 aliphatic rings. The van der Waals surface area contributed by atoms with E-state index in [0.717, 1.165) is 30.4 Å². The minimum Gasteiger partial charge on any atom is -0.370 e. The van der Waals surface area contributed by atoms with E-state index in [9.17, 15) is 22.4 Å². The van der Waals surface area contributed by atoms with Crippen molar-refractivity contribution >= 4 is 23.1 Å². The number of fused-ring (bicyclic) bond motifs is 1. The lowest BCUT2D eigenvalue weighted by Crippen LogP contribution is -2.22. The van der Waals surface area contributed by atoms with Crippen LogP contribution in [-0.2, 0) is 17.4 Å². The van der Waals surface area contributed by atoms with E-state index in [1.807, 2.05) is 4.90 Å². The SMILES string of the molecule is Cc1nc2nc(C(F)(F)F)nn2c(C)c1CCC(=O)Nc1c(F)cccc1N1CCCC1. The van der Waals surface area contributed by atoms with Crippen LogP contribution in [0.25, 0.3) is 5.78 Å². The van der Waals surface area contributed by atoms with Crippen LogP contribution in [0.1, 0.15) is 42.0 Å². The molecule has 0 radical (unpaired) electrons.